The van der Waals surface area contributed by atoms with E-state index in [1.807, 2.05) is 20.8 Å². The normalized spacial score (nSPS) is 12.7. The maximum Gasteiger partial charge on any atom is 0.248 e. The molecule has 0 saturated carbocycles. The fraction of sp³-hybridized carbons (Fsp3) is 0.462. The van der Waals surface area contributed by atoms with Crippen LogP contribution in [0.1, 0.15) is 31.1 Å². The number of sulfonamides is 1. The second-order valence-electron chi connectivity index (χ2n) is 5.94. The third-order valence-electron chi connectivity index (χ3n) is 2.68. The minimum atomic E-state index is -3.69. The van der Waals surface area contributed by atoms with Crippen molar-refractivity contribution in [2.45, 2.75) is 25.7 Å². The van der Waals surface area contributed by atoms with Gasteiger partial charge in [0.05, 0.1) is 5.69 Å². The minimum Gasteiger partial charge on any atom is -0.398 e. The Hall–Kier alpha value is -1.60. The standard InChI is InChI=1S/C13H21N3O3S/c1-13(2,3)8-16(4)20(18,19)11-6-5-9(12(15)17)7-10(11)14/h5-7H,8,14H2,1-4H3,(H2,15,17). The lowest BCUT2D eigenvalue weighted by Gasteiger charge is -2.26. The van der Waals surface area contributed by atoms with Crippen molar-refractivity contribution in [3.63, 3.8) is 0 Å². The smallest absolute Gasteiger partial charge is 0.248 e. The van der Waals surface area contributed by atoms with E-state index >= 15 is 0 Å². The van der Waals surface area contributed by atoms with Crippen LogP contribution in [0.15, 0.2) is 23.1 Å². The van der Waals surface area contributed by atoms with Crippen molar-refractivity contribution in [3.05, 3.63) is 23.8 Å². The third-order valence-corrected chi connectivity index (χ3v) is 4.56. The zero-order valence-corrected chi connectivity index (χ0v) is 13.0. The van der Waals surface area contributed by atoms with Crippen LogP contribution in [0.3, 0.4) is 0 Å². The largest absolute Gasteiger partial charge is 0.398 e. The summed E-state index contributed by atoms with van der Waals surface area (Å²) in [4.78, 5) is 11.0. The van der Waals surface area contributed by atoms with Gasteiger partial charge in [0.15, 0.2) is 0 Å². The van der Waals surface area contributed by atoms with E-state index in [2.05, 4.69) is 0 Å². The quantitative estimate of drug-likeness (QED) is 0.810. The molecule has 1 aromatic rings. The van der Waals surface area contributed by atoms with Gasteiger partial charge in [0.1, 0.15) is 4.90 Å². The highest BCUT2D eigenvalue weighted by molar-refractivity contribution is 7.89. The van der Waals surface area contributed by atoms with E-state index in [-0.39, 0.29) is 21.6 Å². The fourth-order valence-corrected chi connectivity index (χ4v) is 3.35. The van der Waals surface area contributed by atoms with E-state index < -0.39 is 15.9 Å². The summed E-state index contributed by atoms with van der Waals surface area (Å²) in [6, 6.07) is 3.95. The molecule has 20 heavy (non-hydrogen) atoms. The van der Waals surface area contributed by atoms with Crippen molar-refractivity contribution < 1.29 is 13.2 Å². The first kappa shape index (κ1) is 16.5. The number of nitrogen functional groups attached to an aromatic ring is 1. The molecule has 0 atom stereocenters. The lowest BCUT2D eigenvalue weighted by Crippen LogP contribution is -2.34. The molecular formula is C13H21N3O3S. The number of carbonyl (C=O) groups is 1. The van der Waals surface area contributed by atoms with Gasteiger partial charge in [-0.25, -0.2) is 12.7 Å². The van der Waals surface area contributed by atoms with Crippen LogP contribution >= 0.6 is 0 Å². The van der Waals surface area contributed by atoms with E-state index in [1.54, 1.807) is 0 Å². The zero-order valence-electron chi connectivity index (χ0n) is 12.2. The molecule has 0 fully saturated rings. The van der Waals surface area contributed by atoms with E-state index in [4.69, 9.17) is 11.5 Å². The molecule has 0 aliphatic rings. The van der Waals surface area contributed by atoms with Crippen molar-refractivity contribution in [2.75, 3.05) is 19.3 Å². The molecular weight excluding hydrogens is 278 g/mol. The first-order chi connectivity index (χ1) is 8.95. The Morgan fingerprint density at radius 1 is 1.30 bits per heavy atom. The van der Waals surface area contributed by atoms with Gasteiger partial charge < -0.3 is 11.5 Å². The number of hydrogen-bond acceptors (Lipinski definition) is 4. The summed E-state index contributed by atoms with van der Waals surface area (Å²) in [7, 11) is -2.19. The van der Waals surface area contributed by atoms with E-state index in [9.17, 15) is 13.2 Å². The molecule has 1 rings (SSSR count). The molecule has 4 N–H and O–H groups in total. The number of anilines is 1. The van der Waals surface area contributed by atoms with Crippen molar-refractivity contribution >= 4 is 21.6 Å². The highest BCUT2D eigenvalue weighted by Gasteiger charge is 2.27. The highest BCUT2D eigenvalue weighted by Crippen LogP contribution is 2.25. The van der Waals surface area contributed by atoms with Gasteiger partial charge in [-0.05, 0) is 23.6 Å². The molecule has 0 aliphatic heterocycles. The summed E-state index contributed by atoms with van der Waals surface area (Å²) in [5.74, 6) is -0.649. The Balaban J connectivity index is 3.20. The first-order valence-corrected chi connectivity index (χ1v) is 7.55. The molecule has 7 heteroatoms. The summed E-state index contributed by atoms with van der Waals surface area (Å²) in [6.07, 6.45) is 0. The molecule has 1 aromatic carbocycles. The molecule has 0 aromatic heterocycles. The molecule has 112 valence electrons. The zero-order chi connectivity index (χ0) is 15.7. The van der Waals surface area contributed by atoms with Crippen LogP contribution in [0.2, 0.25) is 0 Å². The van der Waals surface area contributed by atoms with E-state index in [0.717, 1.165) is 0 Å². The topological polar surface area (TPSA) is 106 Å². The molecule has 0 heterocycles. The van der Waals surface area contributed by atoms with Gasteiger partial charge >= 0.3 is 0 Å². The summed E-state index contributed by atoms with van der Waals surface area (Å²) in [5.41, 5.74) is 10.9. The molecule has 0 spiro atoms. The van der Waals surface area contributed by atoms with Crippen LogP contribution in [0.5, 0.6) is 0 Å². The number of nitrogens with two attached hydrogens (primary N) is 2. The second kappa shape index (κ2) is 5.41. The summed E-state index contributed by atoms with van der Waals surface area (Å²) in [6.45, 7) is 6.18. The number of hydrogen-bond donors (Lipinski definition) is 2. The number of primary amides is 1. The minimum absolute atomic E-state index is 0.0158. The van der Waals surface area contributed by atoms with Crippen molar-refractivity contribution in [2.24, 2.45) is 11.1 Å². The average Bonchev–Trinajstić information content (AvgIpc) is 2.25. The lowest BCUT2D eigenvalue weighted by atomic mass is 9.97. The second-order valence-corrected chi connectivity index (χ2v) is 7.95. The van der Waals surface area contributed by atoms with Crippen LogP contribution in [-0.4, -0.2) is 32.2 Å². The van der Waals surface area contributed by atoms with Crippen LogP contribution in [0.25, 0.3) is 0 Å². The van der Waals surface area contributed by atoms with Crippen molar-refractivity contribution in [3.8, 4) is 0 Å². The predicted molar refractivity (Wildman–Crippen MR) is 78.6 cm³/mol. The predicted octanol–water partition coefficient (Wildman–Crippen LogP) is 1.03. The van der Waals surface area contributed by atoms with Crippen molar-refractivity contribution in [1.29, 1.82) is 0 Å². The summed E-state index contributed by atoms with van der Waals surface area (Å²) < 4.78 is 26.1. The molecule has 1 amide bonds. The molecule has 0 unspecified atom stereocenters. The molecule has 6 nitrogen and oxygen atoms in total. The van der Waals surface area contributed by atoms with Gasteiger partial charge in [0, 0.05) is 19.2 Å². The number of nitrogens with zero attached hydrogens (tertiary/aromatic N) is 1. The van der Waals surface area contributed by atoms with E-state index in [1.165, 1.54) is 29.6 Å². The van der Waals surface area contributed by atoms with Gasteiger partial charge in [-0.2, -0.15) is 0 Å². The third kappa shape index (κ3) is 3.71. The monoisotopic (exact) mass is 299 g/mol. The average molecular weight is 299 g/mol. The highest BCUT2D eigenvalue weighted by atomic mass is 32.2. The van der Waals surface area contributed by atoms with Crippen LogP contribution in [0.4, 0.5) is 5.69 Å². The molecule has 0 saturated heterocycles. The van der Waals surface area contributed by atoms with Gasteiger partial charge in [-0.3, -0.25) is 4.79 Å². The Labute approximate surface area is 119 Å². The molecule has 0 aliphatic carbocycles. The molecule has 0 radical (unpaired) electrons. The number of benzene rings is 1. The lowest BCUT2D eigenvalue weighted by molar-refractivity contribution is 0.1000. The summed E-state index contributed by atoms with van der Waals surface area (Å²) >= 11 is 0. The SMILES string of the molecule is CN(CC(C)(C)C)S(=O)(=O)c1ccc(C(N)=O)cc1N. The maximum absolute atomic E-state index is 12.4. The van der Waals surface area contributed by atoms with Gasteiger partial charge in [-0.15, -0.1) is 0 Å². The Bertz CT molecular complexity index is 618. The number of rotatable bonds is 4. The van der Waals surface area contributed by atoms with E-state index in [0.29, 0.717) is 6.54 Å². The van der Waals surface area contributed by atoms with Crippen LogP contribution in [-0.2, 0) is 10.0 Å². The first-order valence-electron chi connectivity index (χ1n) is 6.11. The van der Waals surface area contributed by atoms with Gasteiger partial charge in [-0.1, -0.05) is 20.8 Å². The number of carbonyl (C=O) groups excluding carboxylic acids is 1. The Morgan fingerprint density at radius 2 is 1.85 bits per heavy atom. The maximum atomic E-state index is 12.4. The summed E-state index contributed by atoms with van der Waals surface area (Å²) in [5, 5.41) is 0. The molecule has 0 bridgehead atoms. The van der Waals surface area contributed by atoms with Crippen LogP contribution < -0.4 is 11.5 Å². The van der Waals surface area contributed by atoms with Gasteiger partial charge in [0.2, 0.25) is 15.9 Å². The Morgan fingerprint density at radius 3 is 2.25 bits per heavy atom. The number of amides is 1. The van der Waals surface area contributed by atoms with Crippen LogP contribution in [0, 0.1) is 5.41 Å². The van der Waals surface area contributed by atoms with Crippen molar-refractivity contribution in [1.82, 2.24) is 4.31 Å². The fourth-order valence-electron chi connectivity index (χ4n) is 1.86. The van der Waals surface area contributed by atoms with Gasteiger partial charge in [0.25, 0.3) is 0 Å². The Kier molecular flexibility index (Phi) is 4.45.